The van der Waals surface area contributed by atoms with E-state index in [0.29, 0.717) is 0 Å². The third-order valence-electron chi connectivity index (χ3n) is 3.01. The molecule has 0 amide bonds. The second-order valence-corrected chi connectivity index (χ2v) is 4.34. The Bertz CT molecular complexity index is 536. The molecule has 0 spiro atoms. The largest absolute Gasteiger partial charge is 0.465 e. The third kappa shape index (κ3) is 3.18. The molecule has 0 bridgehead atoms. The third-order valence-corrected chi connectivity index (χ3v) is 3.01. The lowest BCUT2D eigenvalue weighted by Gasteiger charge is -2.25. The lowest BCUT2D eigenvalue weighted by atomic mass is 9.81. The number of benzene rings is 1. The Balaban J connectivity index is 3.47. The van der Waals surface area contributed by atoms with Gasteiger partial charge in [-0.3, -0.25) is 19.7 Å². The summed E-state index contributed by atoms with van der Waals surface area (Å²) in [6.07, 6.45) is 0. The molecule has 0 aliphatic carbocycles. The molecule has 0 saturated heterocycles. The van der Waals surface area contributed by atoms with Crippen LogP contribution in [-0.4, -0.2) is 30.1 Å². The molecule has 1 aromatic carbocycles. The lowest BCUT2D eigenvalue weighted by molar-refractivity contribution is -0.386. The van der Waals surface area contributed by atoms with Crippen LogP contribution in [-0.2, 0) is 24.5 Å². The fourth-order valence-electron chi connectivity index (χ4n) is 1.91. The molecule has 0 aromatic heterocycles. The van der Waals surface area contributed by atoms with Crippen molar-refractivity contribution in [3.63, 3.8) is 0 Å². The van der Waals surface area contributed by atoms with E-state index in [0.717, 1.165) is 0 Å². The van der Waals surface area contributed by atoms with Gasteiger partial charge in [-0.05, 0) is 20.8 Å². The predicted octanol–water partition coefficient (Wildman–Crippen LogP) is 1.98. The second-order valence-electron chi connectivity index (χ2n) is 4.34. The maximum absolute atomic E-state index is 12.2. The monoisotopic (exact) mass is 295 g/mol. The average molecular weight is 295 g/mol. The van der Waals surface area contributed by atoms with Gasteiger partial charge in [-0.2, -0.15) is 0 Å². The molecule has 7 nitrogen and oxygen atoms in total. The van der Waals surface area contributed by atoms with E-state index in [2.05, 4.69) is 0 Å². The van der Waals surface area contributed by atoms with E-state index in [1.54, 1.807) is 13.8 Å². The number of nitro benzene ring substituents is 1. The van der Waals surface area contributed by atoms with Gasteiger partial charge < -0.3 is 9.47 Å². The highest BCUT2D eigenvalue weighted by Crippen LogP contribution is 2.34. The molecule has 1 aromatic rings. The summed E-state index contributed by atoms with van der Waals surface area (Å²) < 4.78 is 9.80. The van der Waals surface area contributed by atoms with Crippen molar-refractivity contribution in [1.29, 1.82) is 0 Å². The van der Waals surface area contributed by atoms with Gasteiger partial charge in [-0.25, -0.2) is 0 Å². The van der Waals surface area contributed by atoms with Crippen molar-refractivity contribution in [3.05, 3.63) is 39.9 Å². The zero-order valence-electron chi connectivity index (χ0n) is 12.1. The lowest BCUT2D eigenvalue weighted by Crippen LogP contribution is -2.44. The fraction of sp³-hybridized carbons (Fsp3) is 0.429. The second kappa shape index (κ2) is 6.83. The van der Waals surface area contributed by atoms with E-state index in [1.807, 2.05) is 0 Å². The van der Waals surface area contributed by atoms with E-state index < -0.39 is 22.3 Å². The van der Waals surface area contributed by atoms with Crippen molar-refractivity contribution < 1.29 is 24.0 Å². The standard InChI is InChI=1S/C14H17NO6/c1-4-20-12(16)14(3,13(17)21-5-2)10-8-6-7-9-11(10)15(18)19/h6-9H,4-5H2,1-3H3. The van der Waals surface area contributed by atoms with Crippen LogP contribution in [0.3, 0.4) is 0 Å². The Kier molecular flexibility index (Phi) is 5.40. The summed E-state index contributed by atoms with van der Waals surface area (Å²) >= 11 is 0. The first-order chi connectivity index (χ1) is 9.89. The van der Waals surface area contributed by atoms with Gasteiger partial charge in [-0.1, -0.05) is 18.2 Å². The van der Waals surface area contributed by atoms with Gasteiger partial charge in [0.05, 0.1) is 23.7 Å². The van der Waals surface area contributed by atoms with Gasteiger partial charge in [-0.15, -0.1) is 0 Å². The number of para-hydroxylation sites is 1. The predicted molar refractivity (Wildman–Crippen MR) is 73.7 cm³/mol. The minimum absolute atomic E-state index is 0.0492. The highest BCUT2D eigenvalue weighted by Gasteiger charge is 2.49. The molecule has 21 heavy (non-hydrogen) atoms. The van der Waals surface area contributed by atoms with Gasteiger partial charge in [0, 0.05) is 6.07 Å². The van der Waals surface area contributed by atoms with Crippen molar-refractivity contribution in [1.82, 2.24) is 0 Å². The molecule has 0 aliphatic heterocycles. The Labute approximate surface area is 122 Å². The summed E-state index contributed by atoms with van der Waals surface area (Å²) in [5, 5.41) is 11.1. The van der Waals surface area contributed by atoms with Crippen LogP contribution in [0.25, 0.3) is 0 Å². The summed E-state index contributed by atoms with van der Waals surface area (Å²) in [6.45, 7) is 4.54. The van der Waals surface area contributed by atoms with Crippen LogP contribution in [0.4, 0.5) is 5.69 Å². The molecule has 0 atom stereocenters. The first kappa shape index (κ1) is 16.6. The topological polar surface area (TPSA) is 95.7 Å². The van der Waals surface area contributed by atoms with Gasteiger partial charge in [0.1, 0.15) is 0 Å². The van der Waals surface area contributed by atoms with E-state index in [-0.39, 0.29) is 24.5 Å². The van der Waals surface area contributed by atoms with Crippen LogP contribution >= 0.6 is 0 Å². The quantitative estimate of drug-likeness (QED) is 0.344. The zero-order valence-corrected chi connectivity index (χ0v) is 12.1. The van der Waals surface area contributed by atoms with Gasteiger partial charge >= 0.3 is 11.9 Å². The number of hydrogen-bond donors (Lipinski definition) is 0. The van der Waals surface area contributed by atoms with E-state index >= 15 is 0 Å². The Morgan fingerprint density at radius 3 is 2.05 bits per heavy atom. The van der Waals surface area contributed by atoms with Crippen molar-refractivity contribution >= 4 is 17.6 Å². The summed E-state index contributed by atoms with van der Waals surface area (Å²) in [4.78, 5) is 34.9. The molecule has 0 saturated carbocycles. The number of nitrogens with zero attached hydrogens (tertiary/aromatic N) is 1. The number of ether oxygens (including phenoxy) is 2. The van der Waals surface area contributed by atoms with Crippen molar-refractivity contribution in [3.8, 4) is 0 Å². The van der Waals surface area contributed by atoms with E-state index in [1.165, 1.54) is 31.2 Å². The van der Waals surface area contributed by atoms with Crippen LogP contribution in [0, 0.1) is 10.1 Å². The number of esters is 2. The minimum atomic E-state index is -1.88. The van der Waals surface area contributed by atoms with Gasteiger partial charge in [0.2, 0.25) is 0 Å². The summed E-state index contributed by atoms with van der Waals surface area (Å²) in [6, 6.07) is 5.55. The van der Waals surface area contributed by atoms with Gasteiger partial charge in [0.15, 0.2) is 5.41 Å². The van der Waals surface area contributed by atoms with Crippen LogP contribution in [0.5, 0.6) is 0 Å². The van der Waals surface area contributed by atoms with E-state index in [4.69, 9.17) is 9.47 Å². The number of carbonyl (C=O) groups excluding carboxylic acids is 2. The molecule has 0 N–H and O–H groups in total. The molecule has 0 unspecified atom stereocenters. The van der Waals surface area contributed by atoms with Crippen molar-refractivity contribution in [2.45, 2.75) is 26.2 Å². The van der Waals surface area contributed by atoms with E-state index in [9.17, 15) is 19.7 Å². The molecule has 1 rings (SSSR count). The molecule has 0 radical (unpaired) electrons. The Morgan fingerprint density at radius 1 is 1.14 bits per heavy atom. The first-order valence-electron chi connectivity index (χ1n) is 6.47. The van der Waals surface area contributed by atoms with Crippen LogP contribution < -0.4 is 0 Å². The fourth-order valence-corrected chi connectivity index (χ4v) is 1.91. The summed E-state index contributed by atoms with van der Waals surface area (Å²) in [5.41, 5.74) is -2.26. The number of hydrogen-bond acceptors (Lipinski definition) is 6. The van der Waals surface area contributed by atoms with Crippen LogP contribution in [0.15, 0.2) is 24.3 Å². The normalized spacial score (nSPS) is 10.8. The van der Waals surface area contributed by atoms with Crippen LogP contribution in [0.2, 0.25) is 0 Å². The minimum Gasteiger partial charge on any atom is -0.465 e. The smallest absolute Gasteiger partial charge is 0.328 e. The number of nitro groups is 1. The maximum atomic E-state index is 12.2. The summed E-state index contributed by atoms with van der Waals surface area (Å²) in [5.74, 6) is -1.75. The number of rotatable bonds is 6. The molecule has 0 heterocycles. The molecule has 114 valence electrons. The van der Waals surface area contributed by atoms with Gasteiger partial charge in [0.25, 0.3) is 5.69 Å². The molecule has 0 aliphatic rings. The molecule has 0 fully saturated rings. The van der Waals surface area contributed by atoms with Crippen molar-refractivity contribution in [2.75, 3.05) is 13.2 Å². The zero-order chi connectivity index (χ0) is 16.0. The maximum Gasteiger partial charge on any atom is 0.328 e. The molecular weight excluding hydrogens is 278 g/mol. The average Bonchev–Trinajstić information content (AvgIpc) is 2.46. The Morgan fingerprint density at radius 2 is 1.62 bits per heavy atom. The highest BCUT2D eigenvalue weighted by molar-refractivity contribution is 6.06. The summed E-state index contributed by atoms with van der Waals surface area (Å²) in [7, 11) is 0. The first-order valence-corrected chi connectivity index (χ1v) is 6.47. The number of carbonyl (C=O) groups is 2. The van der Waals surface area contributed by atoms with Crippen molar-refractivity contribution in [2.24, 2.45) is 0 Å². The molecular formula is C14H17NO6. The highest BCUT2D eigenvalue weighted by atomic mass is 16.6. The SMILES string of the molecule is CCOC(=O)C(C)(C(=O)OCC)c1ccccc1[N+](=O)[O-]. The van der Waals surface area contributed by atoms with Crippen LogP contribution in [0.1, 0.15) is 26.3 Å². The Hall–Kier alpha value is -2.44. The molecule has 7 heteroatoms.